The molecule has 4 aliphatic rings. The van der Waals surface area contributed by atoms with Crippen molar-refractivity contribution >= 4 is 0 Å². The highest BCUT2D eigenvalue weighted by Gasteiger charge is 2.89. The second-order valence-corrected chi connectivity index (χ2v) is 8.90. The predicted octanol–water partition coefficient (Wildman–Crippen LogP) is 5.91. The van der Waals surface area contributed by atoms with Gasteiger partial charge < -0.3 is 5.11 Å². The summed E-state index contributed by atoms with van der Waals surface area (Å²) in [6.45, 7) is 0.135. The van der Waals surface area contributed by atoms with Crippen molar-refractivity contribution in [2.75, 3.05) is 0 Å². The van der Waals surface area contributed by atoms with E-state index in [1.54, 1.807) is 0 Å². The Morgan fingerprint density at radius 2 is 0.897 bits per heavy atom. The van der Waals surface area contributed by atoms with Gasteiger partial charge in [0.15, 0.2) is 0 Å². The summed E-state index contributed by atoms with van der Waals surface area (Å²) < 4.78 is 148. The van der Waals surface area contributed by atoms with Crippen LogP contribution in [0.3, 0.4) is 0 Å². The largest absolute Gasteiger partial charge is 0.460 e. The highest BCUT2D eigenvalue weighted by atomic mass is 19.4. The van der Waals surface area contributed by atoms with Gasteiger partial charge in [-0.2, -0.15) is 48.3 Å². The highest BCUT2D eigenvalue weighted by molar-refractivity contribution is 5.16. The van der Waals surface area contributed by atoms with E-state index >= 15 is 0 Å². The Morgan fingerprint density at radius 3 is 1.24 bits per heavy atom. The molecular weight excluding hydrogens is 429 g/mol. The zero-order valence-electron chi connectivity index (χ0n) is 15.0. The van der Waals surface area contributed by atoms with Crippen molar-refractivity contribution < 1.29 is 53.4 Å². The summed E-state index contributed by atoms with van der Waals surface area (Å²) in [5.41, 5.74) is -3.91. The molecular formula is C17H19F11O. The van der Waals surface area contributed by atoms with E-state index < -0.39 is 53.2 Å². The average molecular weight is 448 g/mol. The third-order valence-corrected chi connectivity index (χ3v) is 7.05. The Labute approximate surface area is 158 Å². The first-order valence-corrected chi connectivity index (χ1v) is 9.09. The lowest BCUT2D eigenvalue weighted by atomic mass is 9.48. The van der Waals surface area contributed by atoms with Gasteiger partial charge in [0.1, 0.15) is 5.60 Å². The lowest BCUT2D eigenvalue weighted by Crippen LogP contribution is -2.73. The number of halogens is 11. The fourth-order valence-corrected chi connectivity index (χ4v) is 5.94. The zero-order valence-corrected chi connectivity index (χ0v) is 15.0. The summed E-state index contributed by atoms with van der Waals surface area (Å²) in [6, 6.07) is 0. The van der Waals surface area contributed by atoms with E-state index in [2.05, 4.69) is 0 Å². The molecule has 1 atom stereocenters. The fraction of sp³-hybridized carbons (Fsp3) is 1.00. The molecule has 170 valence electrons. The first-order valence-electron chi connectivity index (χ1n) is 9.09. The second-order valence-electron chi connectivity index (χ2n) is 8.90. The first kappa shape index (κ1) is 22.9. The van der Waals surface area contributed by atoms with Crippen molar-refractivity contribution in [1.82, 2.24) is 0 Å². The van der Waals surface area contributed by atoms with Crippen LogP contribution in [0, 0.1) is 29.6 Å². The fourth-order valence-electron chi connectivity index (χ4n) is 5.94. The number of hydrogen-bond donors (Lipinski definition) is 1. The monoisotopic (exact) mass is 448 g/mol. The molecule has 0 spiro atoms. The standard InChI is InChI=1S/C17H19F11O/c1-12(29,11-9-3-7-2-8(5-9)6-10(11)4-7)13(18,19)14(20,21)15(22,23)16(24,25)17(26,27)28/h7-11,29H,2-6H2,1H3. The molecule has 1 nitrogen and oxygen atoms in total. The number of hydrogen-bond acceptors (Lipinski definition) is 1. The molecule has 29 heavy (non-hydrogen) atoms. The van der Waals surface area contributed by atoms with Crippen LogP contribution in [0.4, 0.5) is 48.3 Å². The molecule has 4 aliphatic carbocycles. The lowest BCUT2D eigenvalue weighted by Gasteiger charge is -2.59. The lowest BCUT2D eigenvalue weighted by molar-refractivity contribution is -0.440. The van der Waals surface area contributed by atoms with Crippen molar-refractivity contribution in [2.24, 2.45) is 29.6 Å². The van der Waals surface area contributed by atoms with Gasteiger partial charge >= 0.3 is 29.9 Å². The van der Waals surface area contributed by atoms with Crippen LogP contribution in [0.15, 0.2) is 0 Å². The maximum absolute atomic E-state index is 14.6. The van der Waals surface area contributed by atoms with E-state index in [9.17, 15) is 53.4 Å². The first-order chi connectivity index (χ1) is 12.8. The third kappa shape index (κ3) is 2.82. The number of alkyl halides is 11. The van der Waals surface area contributed by atoms with Crippen LogP contribution < -0.4 is 0 Å². The Bertz CT molecular complexity index is 624. The minimum absolute atomic E-state index is 0.106. The van der Waals surface area contributed by atoms with Crippen molar-refractivity contribution in [3.63, 3.8) is 0 Å². The molecule has 0 amide bonds. The maximum Gasteiger partial charge on any atom is 0.460 e. The van der Waals surface area contributed by atoms with Gasteiger partial charge in [-0.3, -0.25) is 0 Å². The molecule has 0 heterocycles. The summed E-state index contributed by atoms with van der Waals surface area (Å²) in [4.78, 5) is 0. The van der Waals surface area contributed by atoms with E-state index in [0.29, 0.717) is 0 Å². The Balaban J connectivity index is 2.00. The predicted molar refractivity (Wildman–Crippen MR) is 77.0 cm³/mol. The van der Waals surface area contributed by atoms with Crippen LogP contribution in [0.25, 0.3) is 0 Å². The summed E-state index contributed by atoms with van der Waals surface area (Å²) in [7, 11) is 0. The molecule has 4 saturated carbocycles. The van der Waals surface area contributed by atoms with Gasteiger partial charge in [0, 0.05) is 0 Å². The molecule has 0 saturated heterocycles. The van der Waals surface area contributed by atoms with Crippen LogP contribution in [0.5, 0.6) is 0 Å². The minimum Gasteiger partial charge on any atom is -0.383 e. The average Bonchev–Trinajstić information content (AvgIpc) is 2.51. The molecule has 0 aliphatic heterocycles. The van der Waals surface area contributed by atoms with E-state index in [-0.39, 0.29) is 44.4 Å². The quantitative estimate of drug-likeness (QED) is 0.519. The second kappa shape index (κ2) is 6.12. The highest BCUT2D eigenvalue weighted by Crippen LogP contribution is 2.65. The van der Waals surface area contributed by atoms with Crippen LogP contribution >= 0.6 is 0 Å². The van der Waals surface area contributed by atoms with E-state index in [0.717, 1.165) is 6.42 Å². The summed E-state index contributed by atoms with van der Waals surface area (Å²) >= 11 is 0. The van der Waals surface area contributed by atoms with Gasteiger partial charge in [-0.25, -0.2) is 0 Å². The van der Waals surface area contributed by atoms with E-state index in [1.165, 1.54) is 0 Å². The molecule has 1 N–H and O–H groups in total. The van der Waals surface area contributed by atoms with Crippen molar-refractivity contribution in [3.05, 3.63) is 0 Å². The van der Waals surface area contributed by atoms with Crippen molar-refractivity contribution in [1.29, 1.82) is 0 Å². The van der Waals surface area contributed by atoms with Crippen molar-refractivity contribution in [2.45, 2.75) is 74.5 Å². The number of aliphatic hydroxyl groups is 1. The molecule has 4 bridgehead atoms. The summed E-state index contributed by atoms with van der Waals surface area (Å²) in [6.07, 6.45) is -5.28. The summed E-state index contributed by atoms with van der Waals surface area (Å²) in [5, 5.41) is 10.4. The van der Waals surface area contributed by atoms with Crippen molar-refractivity contribution in [3.8, 4) is 0 Å². The van der Waals surface area contributed by atoms with E-state index in [4.69, 9.17) is 0 Å². The molecule has 0 radical (unpaired) electrons. The van der Waals surface area contributed by atoms with E-state index in [1.807, 2.05) is 0 Å². The Kier molecular flexibility index (Phi) is 4.83. The molecule has 4 fully saturated rings. The van der Waals surface area contributed by atoms with Gasteiger partial charge in [0.05, 0.1) is 0 Å². The smallest absolute Gasteiger partial charge is 0.383 e. The Hall–Kier alpha value is -0.810. The topological polar surface area (TPSA) is 20.2 Å². The van der Waals surface area contributed by atoms with Crippen LogP contribution in [0.2, 0.25) is 0 Å². The molecule has 4 rings (SSSR count). The molecule has 12 heteroatoms. The van der Waals surface area contributed by atoms with Crippen LogP contribution in [-0.4, -0.2) is 40.6 Å². The van der Waals surface area contributed by atoms with Gasteiger partial charge in [0.25, 0.3) is 0 Å². The van der Waals surface area contributed by atoms with Crippen LogP contribution in [0.1, 0.15) is 39.0 Å². The minimum atomic E-state index is -7.49. The van der Waals surface area contributed by atoms with Gasteiger partial charge in [-0.1, -0.05) is 0 Å². The third-order valence-electron chi connectivity index (χ3n) is 7.05. The number of rotatable bonds is 5. The SMILES string of the molecule is CC(O)(C1C2CC3CC(C2)CC1C3)C(F)(F)C(F)(F)C(F)(F)C(F)(F)C(F)(F)F. The molecule has 0 aromatic carbocycles. The molecule has 0 aromatic heterocycles. The summed E-state index contributed by atoms with van der Waals surface area (Å²) in [5.74, 6) is -31.2. The molecule has 0 aromatic rings. The van der Waals surface area contributed by atoms with Gasteiger partial charge in [0.2, 0.25) is 0 Å². The van der Waals surface area contributed by atoms with Gasteiger partial charge in [-0.05, 0) is 68.6 Å². The Morgan fingerprint density at radius 1 is 0.552 bits per heavy atom. The molecule has 1 unspecified atom stereocenters. The van der Waals surface area contributed by atoms with Gasteiger partial charge in [-0.15, -0.1) is 0 Å². The zero-order chi connectivity index (χ0) is 22.4. The normalized spacial score (nSPS) is 35.7. The van der Waals surface area contributed by atoms with Crippen LogP contribution in [-0.2, 0) is 0 Å². The maximum atomic E-state index is 14.6.